The highest BCUT2D eigenvalue weighted by Gasteiger charge is 2.10. The van der Waals surface area contributed by atoms with Gasteiger partial charge in [-0.05, 0) is 55.3 Å². The molecule has 0 radical (unpaired) electrons. The maximum atomic E-state index is 12.2. The minimum absolute atomic E-state index is 0.00100. The van der Waals surface area contributed by atoms with Crippen LogP contribution >= 0.6 is 11.8 Å². The Morgan fingerprint density at radius 1 is 1.11 bits per heavy atom. The molecule has 0 saturated carbocycles. The molecule has 1 amide bonds. The lowest BCUT2D eigenvalue weighted by Gasteiger charge is -2.09. The van der Waals surface area contributed by atoms with Crippen LogP contribution in [-0.4, -0.2) is 25.1 Å². The smallest absolute Gasteiger partial charge is 0.238 e. The molecular formula is C19H19N3O3S2. The standard InChI is InChI=1S/C19H19N3O3S2/c1-12-4-3-5-16-13(2)10-18(22-19(12)16)26-11-17(23)21-14-6-8-15(9-7-14)27(20,24)25/h3-10H,11H2,1-2H3,(H,21,23)(H2,20,24,25). The predicted molar refractivity (Wildman–Crippen MR) is 108 cm³/mol. The maximum Gasteiger partial charge on any atom is 0.238 e. The summed E-state index contributed by atoms with van der Waals surface area (Å²) in [7, 11) is -3.75. The molecular weight excluding hydrogens is 382 g/mol. The van der Waals surface area contributed by atoms with Gasteiger partial charge in [0.2, 0.25) is 15.9 Å². The Balaban J connectivity index is 1.67. The topological polar surface area (TPSA) is 102 Å². The van der Waals surface area contributed by atoms with Crippen LogP contribution in [0.5, 0.6) is 0 Å². The predicted octanol–water partition coefficient (Wildman–Crippen LogP) is 3.23. The number of benzene rings is 2. The number of nitrogens with zero attached hydrogens (tertiary/aromatic N) is 1. The number of carbonyl (C=O) groups excluding carboxylic acids is 1. The number of nitrogens with one attached hydrogen (secondary N) is 1. The quantitative estimate of drug-likeness (QED) is 0.639. The molecule has 3 rings (SSSR count). The second kappa shape index (κ2) is 7.67. The number of amides is 1. The van der Waals surface area contributed by atoms with Gasteiger partial charge in [-0.2, -0.15) is 0 Å². The number of aryl methyl sites for hydroxylation is 2. The molecule has 0 aliphatic carbocycles. The highest BCUT2D eigenvalue weighted by molar-refractivity contribution is 7.99. The van der Waals surface area contributed by atoms with E-state index in [2.05, 4.69) is 10.3 Å². The number of sulfonamides is 1. The zero-order valence-electron chi connectivity index (χ0n) is 14.9. The third-order valence-electron chi connectivity index (χ3n) is 4.04. The zero-order chi connectivity index (χ0) is 19.6. The largest absolute Gasteiger partial charge is 0.325 e. The molecule has 8 heteroatoms. The van der Waals surface area contributed by atoms with Crippen molar-refractivity contribution in [1.82, 2.24) is 4.98 Å². The Morgan fingerprint density at radius 3 is 2.48 bits per heavy atom. The number of para-hydroxylation sites is 1. The van der Waals surface area contributed by atoms with E-state index in [9.17, 15) is 13.2 Å². The van der Waals surface area contributed by atoms with Crippen molar-refractivity contribution in [1.29, 1.82) is 0 Å². The van der Waals surface area contributed by atoms with E-state index < -0.39 is 10.0 Å². The first-order valence-electron chi connectivity index (χ1n) is 8.16. The van der Waals surface area contributed by atoms with Crippen molar-refractivity contribution in [3.8, 4) is 0 Å². The van der Waals surface area contributed by atoms with Gasteiger partial charge in [0, 0.05) is 11.1 Å². The number of anilines is 1. The van der Waals surface area contributed by atoms with Crippen LogP contribution in [0.3, 0.4) is 0 Å². The average molecular weight is 402 g/mol. The molecule has 0 spiro atoms. The molecule has 0 aliphatic heterocycles. The van der Waals surface area contributed by atoms with Crippen molar-refractivity contribution in [3.05, 3.63) is 59.7 Å². The average Bonchev–Trinajstić information content (AvgIpc) is 2.61. The first-order valence-corrected chi connectivity index (χ1v) is 10.7. The molecule has 0 aliphatic rings. The van der Waals surface area contributed by atoms with Crippen molar-refractivity contribution in [2.45, 2.75) is 23.8 Å². The van der Waals surface area contributed by atoms with E-state index in [0.717, 1.165) is 27.1 Å². The van der Waals surface area contributed by atoms with Gasteiger partial charge in [0.05, 0.1) is 21.2 Å². The minimum Gasteiger partial charge on any atom is -0.325 e. The van der Waals surface area contributed by atoms with Gasteiger partial charge in [0.1, 0.15) is 0 Å². The fraction of sp³-hybridized carbons (Fsp3) is 0.158. The van der Waals surface area contributed by atoms with E-state index in [1.807, 2.05) is 38.1 Å². The van der Waals surface area contributed by atoms with Gasteiger partial charge in [-0.3, -0.25) is 4.79 Å². The third kappa shape index (κ3) is 4.65. The van der Waals surface area contributed by atoms with Gasteiger partial charge in [0.25, 0.3) is 0 Å². The number of fused-ring (bicyclic) bond motifs is 1. The monoisotopic (exact) mass is 401 g/mol. The number of primary sulfonamides is 1. The Labute approximate surface area is 162 Å². The summed E-state index contributed by atoms with van der Waals surface area (Å²) in [6.07, 6.45) is 0. The molecule has 0 bridgehead atoms. The van der Waals surface area contributed by atoms with E-state index in [1.165, 1.54) is 36.0 Å². The fourth-order valence-electron chi connectivity index (χ4n) is 2.67. The summed E-state index contributed by atoms with van der Waals surface area (Å²) in [5.41, 5.74) is 3.66. The Morgan fingerprint density at radius 2 is 1.81 bits per heavy atom. The highest BCUT2D eigenvalue weighted by atomic mass is 32.2. The molecule has 6 nitrogen and oxygen atoms in total. The molecule has 0 saturated heterocycles. The molecule has 0 fully saturated rings. The SMILES string of the molecule is Cc1cc(SCC(=O)Nc2ccc(S(N)(=O)=O)cc2)nc2c(C)cccc12. The van der Waals surface area contributed by atoms with E-state index >= 15 is 0 Å². The van der Waals surface area contributed by atoms with Crippen LogP contribution in [-0.2, 0) is 14.8 Å². The van der Waals surface area contributed by atoms with Crippen LogP contribution in [0.25, 0.3) is 10.9 Å². The maximum absolute atomic E-state index is 12.2. The first-order chi connectivity index (χ1) is 12.7. The number of hydrogen-bond acceptors (Lipinski definition) is 5. The lowest BCUT2D eigenvalue weighted by Crippen LogP contribution is -2.15. The molecule has 0 atom stereocenters. The molecule has 3 aromatic rings. The number of carbonyl (C=O) groups is 1. The summed E-state index contributed by atoms with van der Waals surface area (Å²) in [4.78, 5) is 16.8. The Hall–Kier alpha value is -2.42. The van der Waals surface area contributed by atoms with Gasteiger partial charge >= 0.3 is 0 Å². The number of hydrogen-bond donors (Lipinski definition) is 2. The van der Waals surface area contributed by atoms with Crippen LogP contribution in [0.1, 0.15) is 11.1 Å². The molecule has 2 aromatic carbocycles. The summed E-state index contributed by atoms with van der Waals surface area (Å²) in [5, 5.41) is 9.68. The van der Waals surface area contributed by atoms with Crippen LogP contribution in [0.2, 0.25) is 0 Å². The summed E-state index contributed by atoms with van der Waals surface area (Å²) >= 11 is 1.35. The van der Waals surface area contributed by atoms with Crippen molar-refractivity contribution < 1.29 is 13.2 Å². The number of nitrogens with two attached hydrogens (primary N) is 1. The number of thioether (sulfide) groups is 1. The van der Waals surface area contributed by atoms with Gasteiger partial charge in [-0.25, -0.2) is 18.5 Å². The fourth-order valence-corrected chi connectivity index (χ4v) is 3.95. The number of pyridine rings is 1. The zero-order valence-corrected chi connectivity index (χ0v) is 16.5. The van der Waals surface area contributed by atoms with E-state index in [1.54, 1.807) is 0 Å². The minimum atomic E-state index is -3.75. The van der Waals surface area contributed by atoms with E-state index in [0.29, 0.717) is 5.69 Å². The molecule has 1 aromatic heterocycles. The summed E-state index contributed by atoms with van der Waals surface area (Å²) in [6, 6.07) is 13.8. The summed E-state index contributed by atoms with van der Waals surface area (Å²) in [6.45, 7) is 4.04. The summed E-state index contributed by atoms with van der Waals surface area (Å²) in [5.74, 6) is -0.00601. The Bertz CT molecular complexity index is 1110. The van der Waals surface area contributed by atoms with E-state index in [4.69, 9.17) is 5.14 Å². The van der Waals surface area contributed by atoms with Gasteiger partial charge in [0.15, 0.2) is 0 Å². The van der Waals surface area contributed by atoms with Crippen molar-refractivity contribution in [3.63, 3.8) is 0 Å². The number of rotatable bonds is 5. The highest BCUT2D eigenvalue weighted by Crippen LogP contribution is 2.25. The molecule has 27 heavy (non-hydrogen) atoms. The second-order valence-electron chi connectivity index (χ2n) is 6.15. The van der Waals surface area contributed by atoms with Crippen LogP contribution in [0.4, 0.5) is 5.69 Å². The Kier molecular flexibility index (Phi) is 5.50. The number of aromatic nitrogens is 1. The van der Waals surface area contributed by atoms with Crippen molar-refractivity contribution in [2.75, 3.05) is 11.1 Å². The van der Waals surface area contributed by atoms with Gasteiger partial charge in [-0.15, -0.1) is 0 Å². The normalized spacial score (nSPS) is 11.5. The summed E-state index contributed by atoms with van der Waals surface area (Å²) < 4.78 is 22.5. The molecule has 1 heterocycles. The van der Waals surface area contributed by atoms with Crippen LogP contribution < -0.4 is 10.5 Å². The molecule has 3 N–H and O–H groups in total. The van der Waals surface area contributed by atoms with Gasteiger partial charge < -0.3 is 5.32 Å². The first kappa shape index (κ1) is 19.3. The third-order valence-corrected chi connectivity index (χ3v) is 5.88. The van der Waals surface area contributed by atoms with Crippen LogP contribution in [0, 0.1) is 13.8 Å². The molecule has 0 unspecified atom stereocenters. The lowest BCUT2D eigenvalue weighted by molar-refractivity contribution is -0.113. The van der Waals surface area contributed by atoms with Crippen LogP contribution in [0.15, 0.2) is 58.5 Å². The van der Waals surface area contributed by atoms with E-state index in [-0.39, 0.29) is 16.6 Å². The van der Waals surface area contributed by atoms with Gasteiger partial charge in [-0.1, -0.05) is 30.0 Å². The molecule has 140 valence electrons. The second-order valence-corrected chi connectivity index (χ2v) is 8.71. The van der Waals surface area contributed by atoms with Crippen molar-refractivity contribution >= 4 is 44.3 Å². The lowest BCUT2D eigenvalue weighted by atomic mass is 10.1. The van der Waals surface area contributed by atoms with Crippen molar-refractivity contribution in [2.24, 2.45) is 5.14 Å².